The first-order chi connectivity index (χ1) is 9.56. The molecular formula is C16H23ClN2O. The van der Waals surface area contributed by atoms with Crippen molar-refractivity contribution in [2.24, 2.45) is 11.7 Å². The molecule has 1 aliphatic carbocycles. The molecule has 2 unspecified atom stereocenters. The van der Waals surface area contributed by atoms with E-state index < -0.39 is 0 Å². The van der Waals surface area contributed by atoms with Gasteiger partial charge in [0.2, 0.25) is 0 Å². The van der Waals surface area contributed by atoms with E-state index in [2.05, 4.69) is 0 Å². The van der Waals surface area contributed by atoms with Crippen molar-refractivity contribution in [2.75, 3.05) is 13.6 Å². The summed E-state index contributed by atoms with van der Waals surface area (Å²) in [5, 5.41) is 0.560. The van der Waals surface area contributed by atoms with Gasteiger partial charge in [-0.15, -0.1) is 0 Å². The number of aryl methyl sites for hydroxylation is 1. The lowest BCUT2D eigenvalue weighted by molar-refractivity contribution is 0.0620. The quantitative estimate of drug-likeness (QED) is 0.930. The Morgan fingerprint density at radius 1 is 1.40 bits per heavy atom. The molecule has 1 aliphatic rings. The Morgan fingerprint density at radius 3 is 2.80 bits per heavy atom. The molecule has 2 rings (SSSR count). The van der Waals surface area contributed by atoms with Gasteiger partial charge in [-0.2, -0.15) is 0 Å². The number of carbonyl (C=O) groups is 1. The van der Waals surface area contributed by atoms with Crippen molar-refractivity contribution in [3.05, 3.63) is 34.3 Å². The number of hydrogen-bond donors (Lipinski definition) is 1. The molecule has 1 amide bonds. The summed E-state index contributed by atoms with van der Waals surface area (Å²) in [6, 6.07) is 5.83. The normalized spacial score (nSPS) is 22.6. The van der Waals surface area contributed by atoms with Crippen LogP contribution in [0.4, 0.5) is 0 Å². The average Bonchev–Trinajstić information content (AvgIpc) is 2.48. The molecule has 1 saturated carbocycles. The highest BCUT2D eigenvalue weighted by molar-refractivity contribution is 6.34. The van der Waals surface area contributed by atoms with Gasteiger partial charge in [-0.05, 0) is 43.9 Å². The van der Waals surface area contributed by atoms with Gasteiger partial charge in [-0.3, -0.25) is 4.79 Å². The van der Waals surface area contributed by atoms with Crippen LogP contribution in [0.5, 0.6) is 0 Å². The predicted molar refractivity (Wildman–Crippen MR) is 83.1 cm³/mol. The molecular weight excluding hydrogens is 272 g/mol. The first-order valence-corrected chi connectivity index (χ1v) is 7.66. The smallest absolute Gasteiger partial charge is 0.255 e. The van der Waals surface area contributed by atoms with Crippen LogP contribution in [-0.4, -0.2) is 30.4 Å². The maximum absolute atomic E-state index is 12.7. The Balaban J connectivity index is 2.21. The minimum absolute atomic E-state index is 0.00375. The van der Waals surface area contributed by atoms with Crippen molar-refractivity contribution in [3.8, 4) is 0 Å². The standard InChI is InChI=1S/C16H23ClN2O/c1-11-6-5-8-13(15(11)17)16(20)19(2)14-9-4-3-7-12(14)10-18/h5-6,8,12,14H,3-4,7,9-10,18H2,1-2H3. The molecule has 1 aromatic carbocycles. The number of carbonyl (C=O) groups excluding carboxylic acids is 1. The average molecular weight is 295 g/mol. The fraction of sp³-hybridized carbons (Fsp3) is 0.562. The van der Waals surface area contributed by atoms with E-state index >= 15 is 0 Å². The van der Waals surface area contributed by atoms with Crippen molar-refractivity contribution in [3.63, 3.8) is 0 Å². The predicted octanol–water partition coefficient (Wildman–Crippen LogP) is 3.24. The number of nitrogens with two attached hydrogens (primary N) is 1. The monoisotopic (exact) mass is 294 g/mol. The minimum atomic E-state index is 0.00375. The molecule has 1 fully saturated rings. The first kappa shape index (κ1) is 15.3. The van der Waals surface area contributed by atoms with Gasteiger partial charge in [-0.1, -0.05) is 36.6 Å². The van der Waals surface area contributed by atoms with Gasteiger partial charge in [0.1, 0.15) is 0 Å². The lowest BCUT2D eigenvalue weighted by Crippen LogP contribution is -2.46. The Hall–Kier alpha value is -1.06. The second-order valence-electron chi connectivity index (χ2n) is 5.70. The summed E-state index contributed by atoms with van der Waals surface area (Å²) in [6.45, 7) is 2.56. The number of hydrogen-bond acceptors (Lipinski definition) is 2. The molecule has 1 aromatic rings. The van der Waals surface area contributed by atoms with Crippen molar-refractivity contribution < 1.29 is 4.79 Å². The van der Waals surface area contributed by atoms with E-state index in [9.17, 15) is 4.79 Å². The maximum atomic E-state index is 12.7. The van der Waals surface area contributed by atoms with E-state index in [1.54, 1.807) is 6.07 Å². The van der Waals surface area contributed by atoms with Crippen molar-refractivity contribution >= 4 is 17.5 Å². The van der Waals surface area contributed by atoms with Crippen LogP contribution in [0.3, 0.4) is 0 Å². The van der Waals surface area contributed by atoms with Crippen LogP contribution in [0.25, 0.3) is 0 Å². The molecule has 3 nitrogen and oxygen atoms in total. The lowest BCUT2D eigenvalue weighted by Gasteiger charge is -2.37. The SMILES string of the molecule is Cc1cccc(C(=O)N(C)C2CCCCC2CN)c1Cl. The fourth-order valence-electron chi connectivity index (χ4n) is 3.13. The van der Waals surface area contributed by atoms with Crippen LogP contribution in [0.2, 0.25) is 5.02 Å². The molecule has 0 aliphatic heterocycles. The van der Waals surface area contributed by atoms with E-state index in [0.717, 1.165) is 18.4 Å². The summed E-state index contributed by atoms with van der Waals surface area (Å²) in [7, 11) is 1.87. The second kappa shape index (κ2) is 6.59. The van der Waals surface area contributed by atoms with E-state index in [1.807, 2.05) is 31.0 Å². The zero-order valence-electron chi connectivity index (χ0n) is 12.2. The van der Waals surface area contributed by atoms with E-state index in [4.69, 9.17) is 17.3 Å². The van der Waals surface area contributed by atoms with Gasteiger partial charge in [0.15, 0.2) is 0 Å². The summed E-state index contributed by atoms with van der Waals surface area (Å²) in [5.74, 6) is 0.408. The Morgan fingerprint density at radius 2 is 2.10 bits per heavy atom. The summed E-state index contributed by atoms with van der Waals surface area (Å²) in [6.07, 6.45) is 4.53. The summed E-state index contributed by atoms with van der Waals surface area (Å²) in [5.41, 5.74) is 7.39. The molecule has 0 saturated heterocycles. The molecule has 110 valence electrons. The molecule has 0 bridgehead atoms. The van der Waals surface area contributed by atoms with Gasteiger partial charge >= 0.3 is 0 Å². The molecule has 0 aromatic heterocycles. The minimum Gasteiger partial charge on any atom is -0.338 e. The number of benzene rings is 1. The third-order valence-corrected chi connectivity index (χ3v) is 4.91. The maximum Gasteiger partial charge on any atom is 0.255 e. The lowest BCUT2D eigenvalue weighted by atomic mass is 9.83. The molecule has 4 heteroatoms. The van der Waals surface area contributed by atoms with Crippen LogP contribution in [-0.2, 0) is 0 Å². The van der Waals surface area contributed by atoms with Crippen molar-refractivity contribution in [1.29, 1.82) is 0 Å². The largest absolute Gasteiger partial charge is 0.338 e. The Kier molecular flexibility index (Phi) is 5.06. The Labute approximate surface area is 126 Å². The van der Waals surface area contributed by atoms with Gasteiger partial charge in [0, 0.05) is 13.1 Å². The fourth-order valence-corrected chi connectivity index (χ4v) is 3.33. The van der Waals surface area contributed by atoms with Gasteiger partial charge < -0.3 is 10.6 Å². The number of halogens is 1. The van der Waals surface area contributed by atoms with Crippen molar-refractivity contribution in [1.82, 2.24) is 4.90 Å². The van der Waals surface area contributed by atoms with Crippen LogP contribution in [0.1, 0.15) is 41.6 Å². The topological polar surface area (TPSA) is 46.3 Å². The zero-order valence-corrected chi connectivity index (χ0v) is 13.0. The van der Waals surface area contributed by atoms with Crippen LogP contribution in [0.15, 0.2) is 18.2 Å². The Bertz CT molecular complexity index is 489. The van der Waals surface area contributed by atoms with Crippen LogP contribution < -0.4 is 5.73 Å². The number of nitrogens with zero attached hydrogens (tertiary/aromatic N) is 1. The third kappa shape index (κ3) is 2.99. The highest BCUT2D eigenvalue weighted by atomic mass is 35.5. The van der Waals surface area contributed by atoms with Crippen LogP contribution >= 0.6 is 11.6 Å². The third-order valence-electron chi connectivity index (χ3n) is 4.41. The molecule has 2 atom stereocenters. The summed E-state index contributed by atoms with van der Waals surface area (Å²) >= 11 is 6.27. The molecule has 0 spiro atoms. The summed E-state index contributed by atoms with van der Waals surface area (Å²) < 4.78 is 0. The van der Waals surface area contributed by atoms with E-state index in [1.165, 1.54) is 12.8 Å². The van der Waals surface area contributed by atoms with E-state index in [0.29, 0.717) is 23.0 Å². The highest BCUT2D eigenvalue weighted by Crippen LogP contribution is 2.29. The molecule has 20 heavy (non-hydrogen) atoms. The molecule has 0 radical (unpaired) electrons. The zero-order chi connectivity index (χ0) is 14.7. The summed E-state index contributed by atoms with van der Waals surface area (Å²) in [4.78, 5) is 14.5. The van der Waals surface area contributed by atoms with Crippen LogP contribution in [0, 0.1) is 12.8 Å². The first-order valence-electron chi connectivity index (χ1n) is 7.28. The van der Waals surface area contributed by atoms with Crippen molar-refractivity contribution in [2.45, 2.75) is 38.6 Å². The van der Waals surface area contributed by atoms with Gasteiger partial charge in [-0.25, -0.2) is 0 Å². The van der Waals surface area contributed by atoms with Gasteiger partial charge in [0.05, 0.1) is 10.6 Å². The number of rotatable bonds is 3. The molecule has 2 N–H and O–H groups in total. The van der Waals surface area contributed by atoms with Gasteiger partial charge in [0.25, 0.3) is 5.91 Å². The highest BCUT2D eigenvalue weighted by Gasteiger charge is 2.31. The number of amides is 1. The van der Waals surface area contributed by atoms with E-state index in [-0.39, 0.29) is 11.9 Å². The second-order valence-corrected chi connectivity index (χ2v) is 6.08. The molecule has 0 heterocycles.